The number of nitrogen functional groups attached to an aromatic ring is 1. The molecular formula is C26H26N4O4. The summed E-state index contributed by atoms with van der Waals surface area (Å²) in [5, 5.41) is 10.3. The van der Waals surface area contributed by atoms with E-state index in [1.165, 1.54) is 0 Å². The van der Waals surface area contributed by atoms with Gasteiger partial charge in [0, 0.05) is 17.3 Å². The average molecular weight is 459 g/mol. The first kappa shape index (κ1) is 23.0. The molecular weight excluding hydrogens is 432 g/mol. The van der Waals surface area contributed by atoms with Gasteiger partial charge in [-0.1, -0.05) is 30.3 Å². The molecule has 174 valence electrons. The van der Waals surface area contributed by atoms with Crippen LogP contribution in [0.2, 0.25) is 0 Å². The lowest BCUT2D eigenvalue weighted by Gasteiger charge is -2.12. The van der Waals surface area contributed by atoms with Crippen molar-refractivity contribution in [1.29, 1.82) is 5.41 Å². The molecule has 1 aliphatic rings. The van der Waals surface area contributed by atoms with Gasteiger partial charge in [-0.25, -0.2) is 0 Å². The highest BCUT2D eigenvalue weighted by atomic mass is 16.5. The Hall–Kier alpha value is -4.20. The summed E-state index contributed by atoms with van der Waals surface area (Å²) in [6.45, 7) is 0.513. The van der Waals surface area contributed by atoms with Crippen LogP contribution >= 0.6 is 0 Å². The molecule has 34 heavy (non-hydrogen) atoms. The molecule has 0 unspecified atom stereocenters. The maximum absolute atomic E-state index is 12.3. The highest BCUT2D eigenvalue weighted by Crippen LogP contribution is 2.23. The van der Waals surface area contributed by atoms with E-state index in [0.29, 0.717) is 24.3 Å². The molecule has 1 aromatic heterocycles. The van der Waals surface area contributed by atoms with Crippen LogP contribution in [-0.4, -0.2) is 35.3 Å². The zero-order chi connectivity index (χ0) is 23.9. The van der Waals surface area contributed by atoms with E-state index < -0.39 is 5.92 Å². The van der Waals surface area contributed by atoms with Crippen molar-refractivity contribution in [2.45, 2.75) is 25.5 Å². The Morgan fingerprint density at radius 1 is 1.09 bits per heavy atom. The molecule has 2 aromatic carbocycles. The number of ether oxygens (including phenoxy) is 2. The van der Waals surface area contributed by atoms with Crippen LogP contribution in [0.4, 0.5) is 0 Å². The van der Waals surface area contributed by atoms with E-state index >= 15 is 0 Å². The van der Waals surface area contributed by atoms with Crippen molar-refractivity contribution in [2.24, 2.45) is 11.7 Å². The lowest BCUT2D eigenvalue weighted by atomic mass is 10.0. The van der Waals surface area contributed by atoms with Crippen molar-refractivity contribution in [2.75, 3.05) is 6.61 Å². The number of carbonyl (C=O) groups is 2. The first-order valence-electron chi connectivity index (χ1n) is 11.0. The Morgan fingerprint density at radius 3 is 2.53 bits per heavy atom. The van der Waals surface area contributed by atoms with Gasteiger partial charge in [-0.05, 0) is 48.4 Å². The lowest BCUT2D eigenvalue weighted by Crippen LogP contribution is -2.31. The number of hydrogen-bond acceptors (Lipinski definition) is 6. The number of rotatable bonds is 9. The number of nitrogens with one attached hydrogen (secondary N) is 2. The molecule has 8 nitrogen and oxygen atoms in total. The summed E-state index contributed by atoms with van der Waals surface area (Å²) in [6.07, 6.45) is 2.14. The first-order valence-corrected chi connectivity index (χ1v) is 11.0. The van der Waals surface area contributed by atoms with Gasteiger partial charge in [0.05, 0.1) is 24.1 Å². The normalized spacial score (nSPS) is 17.1. The summed E-state index contributed by atoms with van der Waals surface area (Å²) >= 11 is 0. The predicted octanol–water partition coefficient (Wildman–Crippen LogP) is 3.05. The van der Waals surface area contributed by atoms with E-state index in [1.54, 1.807) is 12.3 Å². The first-order chi connectivity index (χ1) is 16.5. The zero-order valence-electron chi connectivity index (χ0n) is 18.6. The Bertz CT molecular complexity index is 1150. The number of esters is 1. The molecule has 0 bridgehead atoms. The number of nitrogens with zero attached hydrogens (tertiary/aromatic N) is 1. The molecule has 0 saturated carbocycles. The summed E-state index contributed by atoms with van der Waals surface area (Å²) in [6, 6.07) is 20.3. The van der Waals surface area contributed by atoms with Gasteiger partial charge < -0.3 is 20.5 Å². The minimum absolute atomic E-state index is 0.0203. The number of nitrogens with two attached hydrogens (primary N) is 1. The number of amides is 1. The summed E-state index contributed by atoms with van der Waals surface area (Å²) in [4.78, 5) is 28.8. The van der Waals surface area contributed by atoms with Crippen molar-refractivity contribution in [3.8, 4) is 17.0 Å². The molecule has 1 amide bonds. The fraction of sp³-hybridized carbons (Fsp3) is 0.231. The largest absolute Gasteiger partial charge is 0.491 e. The van der Waals surface area contributed by atoms with Crippen LogP contribution in [0.15, 0.2) is 72.9 Å². The van der Waals surface area contributed by atoms with Gasteiger partial charge in [-0.2, -0.15) is 0 Å². The molecule has 1 aliphatic heterocycles. The summed E-state index contributed by atoms with van der Waals surface area (Å²) < 4.78 is 11.1. The van der Waals surface area contributed by atoms with Crippen LogP contribution in [0.3, 0.4) is 0 Å². The average Bonchev–Trinajstić information content (AvgIpc) is 3.21. The molecule has 1 fully saturated rings. The van der Waals surface area contributed by atoms with Crippen molar-refractivity contribution in [1.82, 2.24) is 10.3 Å². The minimum Gasteiger partial charge on any atom is -0.491 e. The number of carbonyl (C=O) groups excluding carboxylic acids is 2. The van der Waals surface area contributed by atoms with Gasteiger partial charge in [0.15, 0.2) is 0 Å². The van der Waals surface area contributed by atoms with Gasteiger partial charge >= 0.3 is 5.97 Å². The topological polar surface area (TPSA) is 127 Å². The monoisotopic (exact) mass is 458 g/mol. The van der Waals surface area contributed by atoms with E-state index in [-0.39, 0.29) is 36.8 Å². The number of aromatic nitrogens is 1. The molecule has 0 radical (unpaired) electrons. The molecule has 8 heteroatoms. The van der Waals surface area contributed by atoms with Gasteiger partial charge in [0.1, 0.15) is 24.8 Å². The van der Waals surface area contributed by atoms with Crippen LogP contribution in [-0.2, 0) is 20.9 Å². The smallest absolute Gasteiger partial charge is 0.306 e. The van der Waals surface area contributed by atoms with E-state index in [0.717, 1.165) is 16.8 Å². The second kappa shape index (κ2) is 10.6. The SMILES string of the molecule is N=C(N)c1ccc(-c2ccc(OC[C@@H]3C[C@@H](CC(=O)OCc4ccccc4)C(=O)N3)cc2)nc1. The zero-order valence-corrected chi connectivity index (χ0v) is 18.6. The van der Waals surface area contributed by atoms with E-state index in [2.05, 4.69) is 10.3 Å². The highest BCUT2D eigenvalue weighted by molar-refractivity contribution is 5.94. The van der Waals surface area contributed by atoms with E-state index in [1.807, 2.05) is 60.7 Å². The molecule has 1 saturated heterocycles. The van der Waals surface area contributed by atoms with E-state index in [9.17, 15) is 9.59 Å². The molecule has 3 aromatic rings. The molecule has 2 heterocycles. The van der Waals surface area contributed by atoms with Crippen LogP contribution in [0.25, 0.3) is 11.3 Å². The predicted molar refractivity (Wildman–Crippen MR) is 127 cm³/mol. The van der Waals surface area contributed by atoms with Crippen molar-refractivity contribution >= 4 is 17.7 Å². The van der Waals surface area contributed by atoms with Crippen molar-refractivity contribution < 1.29 is 19.1 Å². The van der Waals surface area contributed by atoms with Gasteiger partial charge in [0.2, 0.25) is 5.91 Å². The third-order valence-electron chi connectivity index (χ3n) is 5.62. The van der Waals surface area contributed by atoms with Crippen molar-refractivity contribution in [3.63, 3.8) is 0 Å². The Kier molecular flexibility index (Phi) is 7.17. The van der Waals surface area contributed by atoms with Crippen LogP contribution < -0.4 is 15.8 Å². The number of benzene rings is 2. The lowest BCUT2D eigenvalue weighted by molar-refractivity contribution is -0.147. The second-order valence-corrected chi connectivity index (χ2v) is 8.17. The maximum atomic E-state index is 12.3. The molecule has 4 rings (SSSR count). The van der Waals surface area contributed by atoms with Gasteiger partial charge in [-0.15, -0.1) is 0 Å². The minimum atomic E-state index is -0.414. The number of pyridine rings is 1. The molecule has 2 atom stereocenters. The van der Waals surface area contributed by atoms with Crippen LogP contribution in [0, 0.1) is 11.3 Å². The van der Waals surface area contributed by atoms with Crippen molar-refractivity contribution in [3.05, 3.63) is 84.1 Å². The molecule has 0 aliphatic carbocycles. The summed E-state index contributed by atoms with van der Waals surface area (Å²) in [5.74, 6) is -0.299. The molecule has 4 N–H and O–H groups in total. The fourth-order valence-electron chi connectivity index (χ4n) is 3.76. The standard InChI is InChI=1S/C26H26N4O4/c27-25(28)19-8-11-23(29-14-19)18-6-9-22(10-7-18)33-16-21-12-20(26(32)30-21)13-24(31)34-15-17-4-2-1-3-5-17/h1-11,14,20-21H,12-13,15-16H2,(H3,27,28)(H,30,32)/t20-,21-/m0/s1. The Balaban J connectivity index is 1.23. The van der Waals surface area contributed by atoms with Gasteiger partial charge in [0.25, 0.3) is 0 Å². The second-order valence-electron chi connectivity index (χ2n) is 8.17. The highest BCUT2D eigenvalue weighted by Gasteiger charge is 2.34. The summed E-state index contributed by atoms with van der Waals surface area (Å²) in [7, 11) is 0. The number of hydrogen-bond donors (Lipinski definition) is 3. The van der Waals surface area contributed by atoms with Crippen LogP contribution in [0.5, 0.6) is 5.75 Å². The Morgan fingerprint density at radius 2 is 1.85 bits per heavy atom. The Labute approximate surface area is 197 Å². The van der Waals surface area contributed by atoms with E-state index in [4.69, 9.17) is 20.6 Å². The third kappa shape index (κ3) is 5.98. The quantitative estimate of drug-likeness (QED) is 0.257. The third-order valence-corrected chi connectivity index (χ3v) is 5.62. The fourth-order valence-corrected chi connectivity index (χ4v) is 3.76. The molecule has 0 spiro atoms. The summed E-state index contributed by atoms with van der Waals surface area (Å²) in [5.41, 5.74) is 8.62. The number of amidine groups is 1. The maximum Gasteiger partial charge on any atom is 0.306 e. The van der Waals surface area contributed by atoms with Crippen LogP contribution in [0.1, 0.15) is 24.0 Å². The van der Waals surface area contributed by atoms with Gasteiger partial charge in [-0.3, -0.25) is 20.0 Å².